The lowest BCUT2D eigenvalue weighted by atomic mass is 9.78. The molecule has 1 aromatic heterocycles. The van der Waals surface area contributed by atoms with Gasteiger partial charge in [-0.1, -0.05) is 33.8 Å². The Bertz CT molecular complexity index is 437. The van der Waals surface area contributed by atoms with Crippen molar-refractivity contribution in [2.24, 2.45) is 5.41 Å². The molecule has 0 aliphatic carbocycles. The Kier molecular flexibility index (Phi) is 4.92. The first kappa shape index (κ1) is 16.3. The van der Waals surface area contributed by atoms with E-state index in [-0.39, 0.29) is 5.41 Å². The zero-order valence-electron chi connectivity index (χ0n) is 14.6. The zero-order valence-corrected chi connectivity index (χ0v) is 14.6. The molecule has 1 saturated heterocycles. The second-order valence-corrected chi connectivity index (χ2v) is 7.72. The number of aromatic nitrogens is 1. The highest BCUT2D eigenvalue weighted by Gasteiger charge is 2.23. The summed E-state index contributed by atoms with van der Waals surface area (Å²) in [6.45, 7) is 11.4. The van der Waals surface area contributed by atoms with Crippen molar-refractivity contribution in [2.75, 3.05) is 32.1 Å². The lowest BCUT2D eigenvalue weighted by molar-refractivity contribution is 0.249. The van der Waals surface area contributed by atoms with Crippen molar-refractivity contribution in [3.05, 3.63) is 23.9 Å². The summed E-state index contributed by atoms with van der Waals surface area (Å²) in [5.74, 6) is 1.66. The van der Waals surface area contributed by atoms with Gasteiger partial charge in [0.15, 0.2) is 0 Å². The summed E-state index contributed by atoms with van der Waals surface area (Å²) < 4.78 is 0. The van der Waals surface area contributed by atoms with Crippen molar-refractivity contribution < 1.29 is 0 Å². The molecule has 0 bridgehead atoms. The largest absolute Gasteiger partial charge is 0.357 e. The van der Waals surface area contributed by atoms with Crippen molar-refractivity contribution in [3.63, 3.8) is 0 Å². The van der Waals surface area contributed by atoms with E-state index in [0.29, 0.717) is 5.92 Å². The number of piperidine rings is 1. The molecule has 2 rings (SSSR count). The summed E-state index contributed by atoms with van der Waals surface area (Å²) in [5, 5.41) is 0. The van der Waals surface area contributed by atoms with Crippen LogP contribution in [0.5, 0.6) is 0 Å². The van der Waals surface area contributed by atoms with Gasteiger partial charge in [0.05, 0.1) is 0 Å². The quantitative estimate of drug-likeness (QED) is 0.844. The van der Waals surface area contributed by atoms with Crippen LogP contribution in [0.25, 0.3) is 0 Å². The molecule has 0 radical (unpaired) electrons. The molecule has 3 nitrogen and oxygen atoms in total. The summed E-state index contributed by atoms with van der Waals surface area (Å²) in [5.41, 5.74) is 1.63. The number of anilines is 1. The average Bonchev–Trinajstić information content (AvgIpc) is 2.46. The van der Waals surface area contributed by atoms with Crippen molar-refractivity contribution >= 4 is 5.82 Å². The summed E-state index contributed by atoms with van der Waals surface area (Å²) in [6.07, 6.45) is 4.53. The molecule has 1 aliphatic rings. The fraction of sp³-hybridized carbons (Fsp3) is 0.722. The van der Waals surface area contributed by atoms with E-state index in [1.807, 2.05) is 0 Å². The zero-order chi connectivity index (χ0) is 15.6. The topological polar surface area (TPSA) is 19.4 Å². The first-order chi connectivity index (χ1) is 9.79. The van der Waals surface area contributed by atoms with Gasteiger partial charge in [-0.2, -0.15) is 0 Å². The predicted octanol–water partition coefficient (Wildman–Crippen LogP) is 3.76. The van der Waals surface area contributed by atoms with Crippen molar-refractivity contribution in [1.82, 2.24) is 9.88 Å². The molecule has 0 spiro atoms. The number of nitrogens with zero attached hydrogens (tertiary/aromatic N) is 3. The number of hydrogen-bond acceptors (Lipinski definition) is 3. The molecule has 1 fully saturated rings. The number of hydrogen-bond donors (Lipinski definition) is 0. The highest BCUT2D eigenvalue weighted by molar-refractivity contribution is 5.40. The molecule has 2 heterocycles. The molecule has 0 aromatic carbocycles. The molecule has 21 heavy (non-hydrogen) atoms. The molecule has 1 atom stereocenters. The molecule has 0 unspecified atom stereocenters. The van der Waals surface area contributed by atoms with Crippen molar-refractivity contribution in [2.45, 2.75) is 52.5 Å². The van der Waals surface area contributed by atoms with E-state index >= 15 is 0 Å². The van der Waals surface area contributed by atoms with Gasteiger partial charge in [-0.25, -0.2) is 4.98 Å². The van der Waals surface area contributed by atoms with Gasteiger partial charge in [-0.15, -0.1) is 0 Å². The van der Waals surface area contributed by atoms with E-state index in [0.717, 1.165) is 24.9 Å². The van der Waals surface area contributed by atoms with Crippen molar-refractivity contribution in [3.8, 4) is 0 Å². The Morgan fingerprint density at radius 3 is 2.24 bits per heavy atom. The van der Waals surface area contributed by atoms with Crippen LogP contribution in [0.1, 0.15) is 52.0 Å². The standard InChI is InChI=1S/C18H31N3/c1-14(18(2,3)4)15-7-8-17(19-13-15)21-11-9-16(10-12-21)20(5)6/h7-8,13-14,16H,9-12H2,1-6H3/t14-/m1/s1. The number of rotatable bonds is 3. The van der Waals surface area contributed by atoms with Crippen molar-refractivity contribution in [1.29, 1.82) is 0 Å². The Morgan fingerprint density at radius 1 is 1.19 bits per heavy atom. The van der Waals surface area contributed by atoms with E-state index in [2.05, 4.69) is 69.9 Å². The predicted molar refractivity (Wildman–Crippen MR) is 91.0 cm³/mol. The van der Waals surface area contributed by atoms with Crippen LogP contribution in [-0.4, -0.2) is 43.1 Å². The summed E-state index contributed by atoms with van der Waals surface area (Å²) in [6, 6.07) is 5.19. The lowest BCUT2D eigenvalue weighted by Gasteiger charge is -2.36. The monoisotopic (exact) mass is 289 g/mol. The van der Waals surface area contributed by atoms with Crippen LogP contribution in [0.2, 0.25) is 0 Å². The maximum Gasteiger partial charge on any atom is 0.128 e. The van der Waals surface area contributed by atoms with Crippen LogP contribution in [0.4, 0.5) is 5.82 Å². The van der Waals surface area contributed by atoms with Crippen LogP contribution < -0.4 is 4.90 Å². The highest BCUT2D eigenvalue weighted by atomic mass is 15.2. The minimum absolute atomic E-state index is 0.285. The van der Waals surface area contributed by atoms with Gasteiger partial charge in [-0.05, 0) is 49.9 Å². The SMILES string of the molecule is C[C@H](c1ccc(N2CCC(N(C)C)CC2)nc1)C(C)(C)C. The van der Waals surface area contributed by atoms with Gasteiger partial charge >= 0.3 is 0 Å². The fourth-order valence-electron chi connectivity index (χ4n) is 2.95. The first-order valence-corrected chi connectivity index (χ1v) is 8.16. The summed E-state index contributed by atoms with van der Waals surface area (Å²) in [4.78, 5) is 9.49. The van der Waals surface area contributed by atoms with Gasteiger partial charge < -0.3 is 9.80 Å². The van der Waals surface area contributed by atoms with E-state index in [4.69, 9.17) is 4.98 Å². The summed E-state index contributed by atoms with van der Waals surface area (Å²) in [7, 11) is 4.36. The third-order valence-corrected chi connectivity index (χ3v) is 5.09. The third-order valence-electron chi connectivity index (χ3n) is 5.09. The van der Waals surface area contributed by atoms with Crippen LogP contribution in [0, 0.1) is 5.41 Å². The summed E-state index contributed by atoms with van der Waals surface area (Å²) >= 11 is 0. The molecule has 0 saturated carbocycles. The van der Waals surface area contributed by atoms with Gasteiger partial charge in [0, 0.05) is 25.3 Å². The molecule has 1 aliphatic heterocycles. The molecule has 3 heteroatoms. The molecule has 118 valence electrons. The van der Waals surface area contributed by atoms with Crippen LogP contribution in [0.3, 0.4) is 0 Å². The number of pyridine rings is 1. The molecule has 0 N–H and O–H groups in total. The average molecular weight is 289 g/mol. The molecule has 1 aromatic rings. The van der Waals surface area contributed by atoms with E-state index in [9.17, 15) is 0 Å². The molecular weight excluding hydrogens is 258 g/mol. The minimum Gasteiger partial charge on any atom is -0.357 e. The van der Waals surface area contributed by atoms with Crippen LogP contribution in [0.15, 0.2) is 18.3 Å². The van der Waals surface area contributed by atoms with Gasteiger partial charge in [0.1, 0.15) is 5.82 Å². The normalized spacial score (nSPS) is 19.1. The smallest absolute Gasteiger partial charge is 0.128 e. The highest BCUT2D eigenvalue weighted by Crippen LogP contribution is 2.34. The van der Waals surface area contributed by atoms with Gasteiger partial charge in [0.25, 0.3) is 0 Å². The Morgan fingerprint density at radius 2 is 1.81 bits per heavy atom. The molecule has 0 amide bonds. The Labute approximate surface area is 130 Å². The second-order valence-electron chi connectivity index (χ2n) is 7.72. The first-order valence-electron chi connectivity index (χ1n) is 8.16. The van der Waals surface area contributed by atoms with Crippen LogP contribution in [-0.2, 0) is 0 Å². The van der Waals surface area contributed by atoms with Crippen LogP contribution >= 0.6 is 0 Å². The van der Waals surface area contributed by atoms with E-state index in [1.54, 1.807) is 0 Å². The molecular formula is C18H31N3. The maximum absolute atomic E-state index is 4.72. The lowest BCUT2D eigenvalue weighted by Crippen LogP contribution is -2.42. The minimum atomic E-state index is 0.285. The Balaban J connectivity index is 2.00. The van der Waals surface area contributed by atoms with Gasteiger partial charge in [-0.3, -0.25) is 0 Å². The fourth-order valence-corrected chi connectivity index (χ4v) is 2.95. The Hall–Kier alpha value is -1.09. The second kappa shape index (κ2) is 6.35. The van der Waals surface area contributed by atoms with E-state index in [1.165, 1.54) is 18.4 Å². The van der Waals surface area contributed by atoms with Gasteiger partial charge in [0.2, 0.25) is 0 Å². The maximum atomic E-state index is 4.72. The third kappa shape index (κ3) is 3.97. The van der Waals surface area contributed by atoms with E-state index < -0.39 is 0 Å².